The van der Waals surface area contributed by atoms with E-state index < -0.39 is 17.2 Å². The van der Waals surface area contributed by atoms with Crippen molar-refractivity contribution < 1.29 is 9.90 Å². The minimum Gasteiger partial charge on any atom is -0.480 e. The lowest BCUT2D eigenvalue weighted by Gasteiger charge is -2.13. The molecule has 0 spiro atoms. The molecular weight excluding hydrogens is 290 g/mol. The number of anilines is 1. The van der Waals surface area contributed by atoms with Crippen LogP contribution in [0.15, 0.2) is 9.59 Å². The SMILES string of the molecule is CCn1c(=O)c2c(nc(NCC(=O)O)n2C)n(C(C)C)c1=O. The zero-order valence-electron chi connectivity index (χ0n) is 13.0. The van der Waals surface area contributed by atoms with E-state index in [9.17, 15) is 14.4 Å². The van der Waals surface area contributed by atoms with Crippen molar-refractivity contribution in [3.8, 4) is 0 Å². The Balaban J connectivity index is 2.83. The molecule has 0 aliphatic heterocycles. The topological polar surface area (TPSA) is 111 Å². The molecule has 22 heavy (non-hydrogen) atoms. The van der Waals surface area contributed by atoms with Crippen LogP contribution in [0.3, 0.4) is 0 Å². The van der Waals surface area contributed by atoms with Crippen LogP contribution in [0.1, 0.15) is 26.8 Å². The van der Waals surface area contributed by atoms with Gasteiger partial charge < -0.3 is 15.0 Å². The van der Waals surface area contributed by atoms with Crippen molar-refractivity contribution in [1.29, 1.82) is 0 Å². The predicted octanol–water partition coefficient (Wildman–Crippen LogP) is -0.00600. The standard InChI is InChI=1S/C13H19N5O4/c1-5-17-11(21)9-10(18(7(2)3)13(17)22)15-12(16(9)4)14-6-8(19)20/h7H,5-6H2,1-4H3,(H,14,15)(H,19,20). The van der Waals surface area contributed by atoms with Crippen LogP contribution >= 0.6 is 0 Å². The van der Waals surface area contributed by atoms with E-state index in [2.05, 4.69) is 10.3 Å². The lowest BCUT2D eigenvalue weighted by molar-refractivity contribution is -0.134. The predicted molar refractivity (Wildman–Crippen MR) is 81.4 cm³/mol. The number of aromatic nitrogens is 4. The molecule has 0 aromatic carbocycles. The summed E-state index contributed by atoms with van der Waals surface area (Å²) in [6, 6.07) is -0.185. The molecule has 0 aliphatic carbocycles. The van der Waals surface area contributed by atoms with Gasteiger partial charge in [-0.25, -0.2) is 4.79 Å². The highest BCUT2D eigenvalue weighted by Gasteiger charge is 2.20. The third-order valence-electron chi connectivity index (χ3n) is 3.42. The molecule has 120 valence electrons. The molecule has 2 rings (SSSR count). The Morgan fingerprint density at radius 2 is 2.00 bits per heavy atom. The summed E-state index contributed by atoms with van der Waals surface area (Å²) < 4.78 is 4.06. The summed E-state index contributed by atoms with van der Waals surface area (Å²) >= 11 is 0. The fraction of sp³-hybridized carbons (Fsp3) is 0.538. The number of carbonyl (C=O) groups is 1. The minimum absolute atomic E-state index is 0.185. The summed E-state index contributed by atoms with van der Waals surface area (Å²) in [5, 5.41) is 11.4. The first-order valence-corrected chi connectivity index (χ1v) is 6.97. The molecule has 0 atom stereocenters. The van der Waals surface area contributed by atoms with Crippen molar-refractivity contribution in [2.75, 3.05) is 11.9 Å². The largest absolute Gasteiger partial charge is 0.480 e. The second kappa shape index (κ2) is 5.66. The highest BCUT2D eigenvalue weighted by molar-refractivity contribution is 5.76. The molecule has 2 heterocycles. The maximum absolute atomic E-state index is 12.5. The molecule has 0 radical (unpaired) electrons. The molecule has 9 nitrogen and oxygen atoms in total. The van der Waals surface area contributed by atoms with Crippen molar-refractivity contribution >= 4 is 23.1 Å². The van der Waals surface area contributed by atoms with E-state index in [1.54, 1.807) is 14.0 Å². The van der Waals surface area contributed by atoms with Gasteiger partial charge in [0, 0.05) is 19.6 Å². The lowest BCUT2D eigenvalue weighted by Crippen LogP contribution is -2.40. The smallest absolute Gasteiger partial charge is 0.332 e. The Kier molecular flexibility index (Phi) is 4.07. The van der Waals surface area contributed by atoms with Crippen molar-refractivity contribution in [2.45, 2.75) is 33.4 Å². The number of hydrogen-bond donors (Lipinski definition) is 2. The molecule has 0 fully saturated rings. The quantitative estimate of drug-likeness (QED) is 0.804. The molecule has 9 heteroatoms. The summed E-state index contributed by atoms with van der Waals surface area (Å²) in [5.74, 6) is -0.809. The van der Waals surface area contributed by atoms with Crippen molar-refractivity contribution in [3.63, 3.8) is 0 Å². The molecule has 0 amide bonds. The number of aryl methyl sites for hydroxylation is 1. The van der Waals surface area contributed by atoms with E-state index in [1.807, 2.05) is 13.8 Å². The van der Waals surface area contributed by atoms with Gasteiger partial charge in [-0.2, -0.15) is 4.98 Å². The van der Waals surface area contributed by atoms with Gasteiger partial charge in [0.1, 0.15) is 6.54 Å². The molecule has 0 saturated heterocycles. The Morgan fingerprint density at radius 3 is 2.50 bits per heavy atom. The van der Waals surface area contributed by atoms with Crippen LogP contribution in [0.25, 0.3) is 11.2 Å². The summed E-state index contributed by atoms with van der Waals surface area (Å²) in [5.41, 5.74) is -0.330. The van der Waals surface area contributed by atoms with Crippen molar-refractivity contribution in [3.05, 3.63) is 20.8 Å². The van der Waals surface area contributed by atoms with Crippen LogP contribution in [0.5, 0.6) is 0 Å². The van der Waals surface area contributed by atoms with Gasteiger partial charge in [-0.15, -0.1) is 0 Å². The summed E-state index contributed by atoms with van der Waals surface area (Å²) in [4.78, 5) is 39.8. The van der Waals surface area contributed by atoms with Gasteiger partial charge >= 0.3 is 11.7 Å². The first-order valence-electron chi connectivity index (χ1n) is 6.97. The molecule has 2 N–H and O–H groups in total. The average molecular weight is 309 g/mol. The Labute approximate surface area is 125 Å². The second-order valence-electron chi connectivity index (χ2n) is 5.21. The first kappa shape index (κ1) is 15.8. The molecule has 0 aliphatic rings. The van der Waals surface area contributed by atoms with Gasteiger partial charge in [0.15, 0.2) is 11.2 Å². The van der Waals surface area contributed by atoms with E-state index in [0.717, 1.165) is 4.57 Å². The number of carboxylic acids is 1. The molecule has 2 aromatic rings. The number of carboxylic acid groups (broad SMARTS) is 1. The Bertz CT molecular complexity index is 843. The molecule has 2 aromatic heterocycles. The number of nitrogens with zero attached hydrogens (tertiary/aromatic N) is 4. The van der Waals surface area contributed by atoms with Gasteiger partial charge in [0.05, 0.1) is 0 Å². The summed E-state index contributed by atoms with van der Waals surface area (Å²) in [6.07, 6.45) is 0. The monoisotopic (exact) mass is 309 g/mol. The van der Waals surface area contributed by atoms with Gasteiger partial charge in [-0.1, -0.05) is 0 Å². The van der Waals surface area contributed by atoms with Gasteiger partial charge in [0.25, 0.3) is 5.56 Å². The zero-order valence-corrected chi connectivity index (χ0v) is 13.0. The summed E-state index contributed by atoms with van der Waals surface area (Å²) in [7, 11) is 1.61. The van der Waals surface area contributed by atoms with Crippen LogP contribution in [0.2, 0.25) is 0 Å². The number of aliphatic carboxylic acids is 1. The Morgan fingerprint density at radius 1 is 1.36 bits per heavy atom. The molecular formula is C13H19N5O4. The van der Waals surface area contributed by atoms with Crippen LogP contribution in [-0.2, 0) is 18.4 Å². The number of imidazole rings is 1. The molecule has 0 saturated carbocycles. The Hall–Kier alpha value is -2.58. The number of hydrogen-bond acceptors (Lipinski definition) is 5. The highest BCUT2D eigenvalue weighted by atomic mass is 16.4. The average Bonchev–Trinajstić information content (AvgIpc) is 2.73. The maximum atomic E-state index is 12.5. The van der Waals surface area contributed by atoms with Crippen LogP contribution in [-0.4, -0.2) is 36.3 Å². The fourth-order valence-corrected chi connectivity index (χ4v) is 2.38. The molecule has 0 unspecified atom stereocenters. The number of fused-ring (bicyclic) bond motifs is 1. The van der Waals surface area contributed by atoms with Crippen LogP contribution < -0.4 is 16.6 Å². The van der Waals surface area contributed by atoms with Gasteiger partial charge in [-0.3, -0.25) is 18.7 Å². The van der Waals surface area contributed by atoms with E-state index >= 15 is 0 Å². The maximum Gasteiger partial charge on any atom is 0.332 e. The highest BCUT2D eigenvalue weighted by Crippen LogP contribution is 2.16. The second-order valence-corrected chi connectivity index (χ2v) is 5.21. The number of rotatable bonds is 5. The van der Waals surface area contributed by atoms with Crippen molar-refractivity contribution in [2.24, 2.45) is 7.05 Å². The zero-order chi connectivity index (χ0) is 16.6. The van der Waals surface area contributed by atoms with Gasteiger partial charge in [-0.05, 0) is 20.8 Å². The van der Waals surface area contributed by atoms with E-state index in [0.29, 0.717) is 0 Å². The van der Waals surface area contributed by atoms with Crippen LogP contribution in [0.4, 0.5) is 5.95 Å². The third-order valence-corrected chi connectivity index (χ3v) is 3.42. The summed E-state index contributed by atoms with van der Waals surface area (Å²) in [6.45, 7) is 5.29. The van der Waals surface area contributed by atoms with E-state index in [1.165, 1.54) is 9.13 Å². The lowest BCUT2D eigenvalue weighted by atomic mass is 10.3. The minimum atomic E-state index is -1.04. The van der Waals surface area contributed by atoms with E-state index in [-0.39, 0.29) is 36.2 Å². The normalized spacial score (nSPS) is 11.3. The fourth-order valence-electron chi connectivity index (χ4n) is 2.38. The molecule has 0 bridgehead atoms. The van der Waals surface area contributed by atoms with E-state index in [4.69, 9.17) is 5.11 Å². The van der Waals surface area contributed by atoms with Crippen LogP contribution in [0, 0.1) is 0 Å². The third kappa shape index (κ3) is 2.38. The first-order chi connectivity index (χ1) is 10.3. The number of nitrogens with one attached hydrogen (secondary N) is 1. The van der Waals surface area contributed by atoms with Crippen molar-refractivity contribution in [1.82, 2.24) is 18.7 Å². The van der Waals surface area contributed by atoms with Gasteiger partial charge in [0.2, 0.25) is 5.95 Å².